The van der Waals surface area contributed by atoms with Gasteiger partial charge in [-0.25, -0.2) is 0 Å². The van der Waals surface area contributed by atoms with Crippen LogP contribution in [0.5, 0.6) is 0 Å². The third kappa shape index (κ3) is 2.92. The molecule has 1 atom stereocenters. The van der Waals surface area contributed by atoms with Gasteiger partial charge in [-0.05, 0) is 20.4 Å². The lowest BCUT2D eigenvalue weighted by Gasteiger charge is -2.39. The van der Waals surface area contributed by atoms with Crippen LogP contribution in [0.3, 0.4) is 0 Å². The first-order valence-corrected chi connectivity index (χ1v) is 7.19. The standard InChI is InChI=1S/C14H27N5/c1-6-12-9-19(8-7-17(12)4)10-13-11(2)16-18(5)14(13)15-3/h12,15H,6-10H2,1-5H3. The Balaban J connectivity index is 2.09. The summed E-state index contributed by atoms with van der Waals surface area (Å²) in [4.78, 5) is 5.03. The maximum atomic E-state index is 4.52. The van der Waals surface area contributed by atoms with Crippen LogP contribution in [0, 0.1) is 6.92 Å². The van der Waals surface area contributed by atoms with Crippen LogP contribution in [-0.2, 0) is 13.6 Å². The molecule has 0 amide bonds. The average Bonchev–Trinajstić information content (AvgIpc) is 2.66. The van der Waals surface area contributed by atoms with Crippen molar-refractivity contribution in [2.45, 2.75) is 32.9 Å². The van der Waals surface area contributed by atoms with E-state index in [9.17, 15) is 0 Å². The number of hydrogen-bond acceptors (Lipinski definition) is 4. The Morgan fingerprint density at radius 2 is 2.05 bits per heavy atom. The van der Waals surface area contributed by atoms with Crippen molar-refractivity contribution < 1.29 is 0 Å². The van der Waals surface area contributed by atoms with Gasteiger partial charge in [-0.1, -0.05) is 6.92 Å². The molecule has 108 valence electrons. The first-order valence-electron chi connectivity index (χ1n) is 7.19. The monoisotopic (exact) mass is 265 g/mol. The number of rotatable bonds is 4. The minimum atomic E-state index is 0.684. The summed E-state index contributed by atoms with van der Waals surface area (Å²) in [5, 5.41) is 7.79. The molecule has 0 spiro atoms. The zero-order chi connectivity index (χ0) is 14.0. The van der Waals surface area contributed by atoms with Crippen molar-refractivity contribution in [3.05, 3.63) is 11.3 Å². The second-order valence-corrected chi connectivity index (χ2v) is 5.56. The van der Waals surface area contributed by atoms with Crippen molar-refractivity contribution in [3.8, 4) is 0 Å². The Labute approximate surface area is 116 Å². The topological polar surface area (TPSA) is 36.3 Å². The van der Waals surface area contributed by atoms with Gasteiger partial charge in [-0.2, -0.15) is 5.10 Å². The molecule has 0 bridgehead atoms. The molecule has 1 aromatic heterocycles. The second kappa shape index (κ2) is 5.92. The van der Waals surface area contributed by atoms with Crippen LogP contribution in [0.15, 0.2) is 0 Å². The number of aryl methyl sites for hydroxylation is 2. The zero-order valence-corrected chi connectivity index (χ0v) is 12.9. The van der Waals surface area contributed by atoms with Crippen molar-refractivity contribution in [3.63, 3.8) is 0 Å². The van der Waals surface area contributed by atoms with Crippen molar-refractivity contribution in [2.75, 3.05) is 39.0 Å². The summed E-state index contributed by atoms with van der Waals surface area (Å²) in [6, 6.07) is 0.684. The van der Waals surface area contributed by atoms with Crippen LogP contribution in [0.1, 0.15) is 24.6 Å². The van der Waals surface area contributed by atoms with Gasteiger partial charge in [0.25, 0.3) is 0 Å². The Hall–Kier alpha value is -1.07. The first-order chi connectivity index (χ1) is 9.06. The maximum Gasteiger partial charge on any atom is 0.128 e. The molecule has 1 aliphatic heterocycles. The maximum absolute atomic E-state index is 4.52. The van der Waals surface area contributed by atoms with Gasteiger partial charge >= 0.3 is 0 Å². The van der Waals surface area contributed by atoms with Crippen LogP contribution < -0.4 is 5.32 Å². The average molecular weight is 265 g/mol. The molecule has 1 N–H and O–H groups in total. The minimum Gasteiger partial charge on any atom is -0.373 e. The molecule has 0 radical (unpaired) electrons. The van der Waals surface area contributed by atoms with Gasteiger partial charge in [0, 0.05) is 51.9 Å². The van der Waals surface area contributed by atoms with Crippen LogP contribution in [-0.4, -0.2) is 59.4 Å². The van der Waals surface area contributed by atoms with Crippen LogP contribution in [0.25, 0.3) is 0 Å². The SMILES string of the molecule is CCC1CN(Cc2c(C)nn(C)c2NC)CCN1C. The number of anilines is 1. The zero-order valence-electron chi connectivity index (χ0n) is 12.9. The quantitative estimate of drug-likeness (QED) is 0.890. The van der Waals surface area contributed by atoms with Gasteiger partial charge in [0.15, 0.2) is 0 Å². The number of piperazine rings is 1. The fraction of sp³-hybridized carbons (Fsp3) is 0.786. The molecule has 5 nitrogen and oxygen atoms in total. The molecule has 1 unspecified atom stereocenters. The molecule has 1 aliphatic rings. The van der Waals surface area contributed by atoms with Crippen LogP contribution >= 0.6 is 0 Å². The predicted molar refractivity (Wildman–Crippen MR) is 79.5 cm³/mol. The minimum absolute atomic E-state index is 0.684. The van der Waals surface area contributed by atoms with E-state index < -0.39 is 0 Å². The number of hydrogen-bond donors (Lipinski definition) is 1. The van der Waals surface area contributed by atoms with Crippen LogP contribution in [0.4, 0.5) is 5.82 Å². The lowest BCUT2D eigenvalue weighted by Crippen LogP contribution is -2.50. The lowest BCUT2D eigenvalue weighted by atomic mass is 10.1. The highest BCUT2D eigenvalue weighted by Gasteiger charge is 2.24. The lowest BCUT2D eigenvalue weighted by molar-refractivity contribution is 0.0884. The van der Waals surface area contributed by atoms with Gasteiger partial charge in [-0.3, -0.25) is 9.58 Å². The fourth-order valence-corrected chi connectivity index (χ4v) is 3.02. The summed E-state index contributed by atoms with van der Waals surface area (Å²) >= 11 is 0. The van der Waals surface area contributed by atoms with E-state index >= 15 is 0 Å². The van der Waals surface area contributed by atoms with E-state index in [0.717, 1.165) is 37.7 Å². The Morgan fingerprint density at radius 3 is 2.68 bits per heavy atom. The molecule has 2 rings (SSSR count). The highest BCUT2D eigenvalue weighted by atomic mass is 15.3. The van der Waals surface area contributed by atoms with Crippen molar-refractivity contribution in [2.24, 2.45) is 7.05 Å². The summed E-state index contributed by atoms with van der Waals surface area (Å²) < 4.78 is 1.94. The third-order valence-corrected chi connectivity index (χ3v) is 4.30. The van der Waals surface area contributed by atoms with Gasteiger partial charge in [0.2, 0.25) is 0 Å². The van der Waals surface area contributed by atoms with E-state index in [2.05, 4.69) is 41.1 Å². The molecule has 1 fully saturated rings. The van der Waals surface area contributed by atoms with Gasteiger partial charge in [0.1, 0.15) is 5.82 Å². The molecule has 0 aliphatic carbocycles. The number of likely N-dealkylation sites (N-methyl/N-ethyl adjacent to an activating group) is 1. The largest absolute Gasteiger partial charge is 0.373 e. The molecule has 1 saturated heterocycles. The number of nitrogens with zero attached hydrogens (tertiary/aromatic N) is 4. The Kier molecular flexibility index (Phi) is 4.47. The third-order valence-electron chi connectivity index (χ3n) is 4.30. The summed E-state index contributed by atoms with van der Waals surface area (Å²) in [5.41, 5.74) is 2.48. The van der Waals surface area contributed by atoms with Crippen molar-refractivity contribution in [1.29, 1.82) is 0 Å². The molecule has 1 aromatic rings. The first kappa shape index (κ1) is 14.3. The fourth-order valence-electron chi connectivity index (χ4n) is 3.02. The molecule has 2 heterocycles. The van der Waals surface area contributed by atoms with E-state index in [1.54, 1.807) is 0 Å². The summed E-state index contributed by atoms with van der Waals surface area (Å²) in [5.74, 6) is 1.14. The molecule has 5 heteroatoms. The highest BCUT2D eigenvalue weighted by Crippen LogP contribution is 2.22. The van der Waals surface area contributed by atoms with E-state index in [4.69, 9.17) is 0 Å². The van der Waals surface area contributed by atoms with E-state index in [-0.39, 0.29) is 0 Å². The van der Waals surface area contributed by atoms with Gasteiger partial charge < -0.3 is 10.2 Å². The van der Waals surface area contributed by atoms with Crippen molar-refractivity contribution in [1.82, 2.24) is 19.6 Å². The summed E-state index contributed by atoms with van der Waals surface area (Å²) in [6.45, 7) is 8.84. The second-order valence-electron chi connectivity index (χ2n) is 5.56. The molecule has 19 heavy (non-hydrogen) atoms. The van der Waals surface area contributed by atoms with E-state index in [1.807, 2.05) is 18.8 Å². The normalized spacial score (nSPS) is 21.8. The van der Waals surface area contributed by atoms with E-state index in [0.29, 0.717) is 6.04 Å². The van der Waals surface area contributed by atoms with Gasteiger partial charge in [0.05, 0.1) is 5.69 Å². The number of nitrogens with one attached hydrogen (secondary N) is 1. The number of aromatic nitrogens is 2. The predicted octanol–water partition coefficient (Wildman–Crippen LogP) is 1.30. The van der Waals surface area contributed by atoms with E-state index in [1.165, 1.54) is 12.0 Å². The van der Waals surface area contributed by atoms with Crippen LogP contribution in [0.2, 0.25) is 0 Å². The smallest absolute Gasteiger partial charge is 0.128 e. The molecular weight excluding hydrogens is 238 g/mol. The Morgan fingerprint density at radius 1 is 1.32 bits per heavy atom. The molecule has 0 aromatic carbocycles. The summed E-state index contributed by atoms with van der Waals surface area (Å²) in [6.07, 6.45) is 1.22. The molecule has 0 saturated carbocycles. The molecular formula is C14H27N5. The summed E-state index contributed by atoms with van der Waals surface area (Å²) in [7, 11) is 6.21. The van der Waals surface area contributed by atoms with Crippen molar-refractivity contribution >= 4 is 5.82 Å². The van der Waals surface area contributed by atoms with Gasteiger partial charge in [-0.15, -0.1) is 0 Å². The Bertz CT molecular complexity index is 426. The highest BCUT2D eigenvalue weighted by molar-refractivity contribution is 5.46.